The third-order valence-corrected chi connectivity index (χ3v) is 15.3. The predicted molar refractivity (Wildman–Crippen MR) is 277 cm³/mol. The van der Waals surface area contributed by atoms with Crippen molar-refractivity contribution in [2.75, 3.05) is 156 Å². The summed E-state index contributed by atoms with van der Waals surface area (Å²) in [5, 5.41) is 28.7. The molecule has 0 unspecified atom stereocenters. The van der Waals surface area contributed by atoms with E-state index in [9.17, 15) is 19.2 Å². The van der Waals surface area contributed by atoms with Crippen molar-refractivity contribution < 1.29 is 52.3 Å². The van der Waals surface area contributed by atoms with Crippen molar-refractivity contribution in [1.82, 2.24) is 61.4 Å². The van der Waals surface area contributed by atoms with Gasteiger partial charge in [-0.2, -0.15) is 11.8 Å². The van der Waals surface area contributed by atoms with E-state index >= 15 is 0 Å². The molecule has 3 saturated heterocycles. The van der Waals surface area contributed by atoms with Crippen LogP contribution in [0.4, 0.5) is 4.79 Å². The van der Waals surface area contributed by atoms with Crippen molar-refractivity contribution >= 4 is 57.1 Å². The second-order valence-electron chi connectivity index (χ2n) is 16.8. The van der Waals surface area contributed by atoms with E-state index in [1.165, 1.54) is 0 Å². The Balaban J connectivity index is 0.612. The zero-order valence-electron chi connectivity index (χ0n) is 41.4. The van der Waals surface area contributed by atoms with Crippen molar-refractivity contribution in [3.8, 4) is 23.0 Å². The van der Waals surface area contributed by atoms with Gasteiger partial charge in [0.05, 0.1) is 111 Å². The van der Waals surface area contributed by atoms with E-state index in [4.69, 9.17) is 33.2 Å². The van der Waals surface area contributed by atoms with Crippen LogP contribution in [0, 0.1) is 0 Å². The minimum absolute atomic E-state index is 0.0560. The molecule has 2 aromatic heterocycles. The lowest BCUT2D eigenvalue weighted by molar-refractivity contribution is -0.123. The first kappa shape index (κ1) is 57.9. The quantitative estimate of drug-likeness (QED) is 0.0361. The molecule has 5 amide bonds. The number of fused-ring (bicyclic) bond motifs is 1. The highest BCUT2D eigenvalue weighted by Gasteiger charge is 2.42. The number of nitrogens with one attached hydrogen (secondary N) is 4. The van der Waals surface area contributed by atoms with E-state index in [2.05, 4.69) is 51.6 Å². The number of amides is 5. The van der Waals surface area contributed by atoms with Gasteiger partial charge in [-0.25, -0.2) is 14.8 Å². The smallest absolute Gasteiger partial charge is 0.315 e. The number of carbonyl (C=O) groups is 4. The summed E-state index contributed by atoms with van der Waals surface area (Å²) in [5.41, 5.74) is 1.23. The molecule has 6 rings (SSSR count). The summed E-state index contributed by atoms with van der Waals surface area (Å²) in [7, 11) is 3.47. The summed E-state index contributed by atoms with van der Waals surface area (Å²) in [6.45, 7) is 10.2. The number of rotatable bonds is 38. The number of carbonyl (C=O) groups excluding carboxylic acids is 4. The Labute approximate surface area is 438 Å². The largest absolute Gasteiger partial charge is 0.378 e. The molecule has 4 N–H and O–H groups in total. The van der Waals surface area contributed by atoms with Crippen molar-refractivity contribution in [3.63, 3.8) is 0 Å². The van der Waals surface area contributed by atoms with Gasteiger partial charge in [-0.1, -0.05) is 40.1 Å². The molecule has 5 heterocycles. The number of urea groups is 1. The first-order chi connectivity index (χ1) is 35.9. The Morgan fingerprint density at radius 3 is 1.82 bits per heavy atom. The fourth-order valence-corrected chi connectivity index (χ4v) is 11.0. The zero-order chi connectivity index (χ0) is 51.0. The fraction of sp³-hybridized carbons (Fsp3) is 0.660. The van der Waals surface area contributed by atoms with Crippen molar-refractivity contribution in [2.45, 2.75) is 43.0 Å². The Morgan fingerprint density at radius 1 is 0.630 bits per heavy atom. The van der Waals surface area contributed by atoms with Crippen LogP contribution in [-0.4, -0.2) is 237 Å². The third-order valence-electron chi connectivity index (χ3n) is 11.4. The van der Waals surface area contributed by atoms with E-state index in [0.29, 0.717) is 166 Å². The molecule has 0 bridgehead atoms. The number of unbranched alkanes of at least 4 members (excludes halogenated alkanes) is 1. The SMILES string of the molecule is O=C(CCCC[C@@H]1SC[C@@H]2NC(=O)N[C@@H]21)NCCSSCCOCCOCCOCCOCCOCCOCCOCCNC(=O)CN1CCN(C(=O)c2ccc(-c3nnc(-c4ncccn4)nn3)cc2)CC1. The monoisotopic (exact) mass is 1070 g/mol. The summed E-state index contributed by atoms with van der Waals surface area (Å²) in [6, 6.07) is 9.12. The normalized spacial score (nSPS) is 17.6. The lowest BCUT2D eigenvalue weighted by Gasteiger charge is -2.34. The van der Waals surface area contributed by atoms with Gasteiger partial charge in [0.2, 0.25) is 29.3 Å². The molecule has 0 spiro atoms. The van der Waals surface area contributed by atoms with Gasteiger partial charge in [-0.15, -0.1) is 20.4 Å². The molecular weight excluding hydrogens is 1000 g/mol. The lowest BCUT2D eigenvalue weighted by Crippen LogP contribution is -2.51. The van der Waals surface area contributed by atoms with Gasteiger partial charge in [0.15, 0.2) is 0 Å². The van der Waals surface area contributed by atoms with Crippen LogP contribution in [0.25, 0.3) is 23.0 Å². The van der Waals surface area contributed by atoms with Gasteiger partial charge >= 0.3 is 6.03 Å². The highest BCUT2D eigenvalue weighted by atomic mass is 33.1. The van der Waals surface area contributed by atoms with Crippen molar-refractivity contribution in [2.24, 2.45) is 0 Å². The van der Waals surface area contributed by atoms with Crippen LogP contribution in [-0.2, 0) is 42.7 Å². The van der Waals surface area contributed by atoms with Gasteiger partial charge < -0.3 is 59.3 Å². The maximum atomic E-state index is 13.2. The van der Waals surface area contributed by atoms with Gasteiger partial charge in [0, 0.05) is 91.7 Å². The highest BCUT2D eigenvalue weighted by molar-refractivity contribution is 8.76. The second-order valence-corrected chi connectivity index (χ2v) is 20.7. The molecule has 1 aromatic carbocycles. The number of nitrogens with zero attached hydrogens (tertiary/aromatic N) is 8. The Hall–Kier alpha value is -4.35. The maximum absolute atomic E-state index is 13.2. The topological polar surface area (TPSA) is 265 Å². The molecule has 0 saturated carbocycles. The van der Waals surface area contributed by atoms with E-state index in [1.807, 2.05) is 16.7 Å². The molecule has 73 heavy (non-hydrogen) atoms. The molecule has 3 atom stereocenters. The number of thioether (sulfide) groups is 1. The Morgan fingerprint density at radius 2 is 1.19 bits per heavy atom. The second kappa shape index (κ2) is 35.0. The molecule has 402 valence electrons. The van der Waals surface area contributed by atoms with E-state index in [0.717, 1.165) is 36.5 Å². The Bertz CT molecular complexity index is 2040. The highest BCUT2D eigenvalue weighted by Crippen LogP contribution is 2.33. The summed E-state index contributed by atoms with van der Waals surface area (Å²) in [4.78, 5) is 61.3. The molecule has 26 heteroatoms. The minimum atomic E-state index is -0.0890. The van der Waals surface area contributed by atoms with E-state index < -0.39 is 0 Å². The molecule has 0 aliphatic carbocycles. The Kier molecular flexibility index (Phi) is 27.8. The van der Waals surface area contributed by atoms with Crippen molar-refractivity contribution in [3.05, 3.63) is 48.3 Å². The standard InChI is InChI=1S/C47H70N12O11S3/c60-40(5-2-1-4-39-42-38(35-71-39)52-47(63)53-42)49-13-32-72-73-33-31-70-30-29-69-28-27-68-26-25-67-24-23-66-22-21-65-20-19-64-18-12-48-41(61)34-58-14-16-59(17-15-58)46(62)37-8-6-36(7-9-37)43-54-56-45(57-55-43)44-50-10-3-11-51-44/h3,6-11,38-39,42H,1-2,4-5,12-35H2,(H,48,61)(H,49,60)(H2,52,53,63)/t38-,39-,42-/m0/s1. The molecule has 23 nitrogen and oxygen atoms in total. The van der Waals surface area contributed by atoms with Crippen molar-refractivity contribution in [1.29, 1.82) is 0 Å². The average molecular weight is 1080 g/mol. The fourth-order valence-electron chi connectivity index (χ4n) is 7.65. The van der Waals surface area contributed by atoms with Crippen LogP contribution in [0.2, 0.25) is 0 Å². The first-order valence-corrected chi connectivity index (χ1v) is 28.4. The number of hydrogen-bond acceptors (Lipinski definition) is 21. The van der Waals surface area contributed by atoms with Crippen LogP contribution in [0.3, 0.4) is 0 Å². The minimum Gasteiger partial charge on any atom is -0.378 e. The summed E-state index contributed by atoms with van der Waals surface area (Å²) in [6.07, 6.45) is 6.61. The molecular formula is C47H70N12O11S3. The van der Waals surface area contributed by atoms with Gasteiger partial charge in [0.25, 0.3) is 5.91 Å². The average Bonchev–Trinajstić information content (AvgIpc) is 3.98. The number of benzene rings is 1. The van der Waals surface area contributed by atoms with Gasteiger partial charge in [0.1, 0.15) is 0 Å². The van der Waals surface area contributed by atoms with Crippen LogP contribution >= 0.6 is 33.3 Å². The summed E-state index contributed by atoms with van der Waals surface area (Å²) in [5.74, 6) is 3.51. The summed E-state index contributed by atoms with van der Waals surface area (Å²) >= 11 is 1.91. The molecule has 0 radical (unpaired) electrons. The van der Waals surface area contributed by atoms with Crippen LogP contribution in [0.5, 0.6) is 0 Å². The van der Waals surface area contributed by atoms with Gasteiger partial charge in [-0.3, -0.25) is 19.3 Å². The predicted octanol–water partition coefficient (Wildman–Crippen LogP) is 1.60. The molecule has 3 fully saturated rings. The first-order valence-electron chi connectivity index (χ1n) is 24.9. The van der Waals surface area contributed by atoms with E-state index in [1.54, 1.807) is 69.2 Å². The third kappa shape index (κ3) is 22.6. The van der Waals surface area contributed by atoms with Crippen LogP contribution in [0.15, 0.2) is 42.7 Å². The number of ether oxygens (including phenoxy) is 7. The number of aromatic nitrogens is 6. The maximum Gasteiger partial charge on any atom is 0.315 e. The zero-order valence-corrected chi connectivity index (χ0v) is 43.8. The van der Waals surface area contributed by atoms with Crippen LogP contribution < -0.4 is 21.3 Å². The molecule has 3 aliphatic rings. The van der Waals surface area contributed by atoms with E-state index in [-0.39, 0.29) is 48.2 Å². The number of hydrogen-bond donors (Lipinski definition) is 4. The molecule has 3 aliphatic heterocycles. The van der Waals surface area contributed by atoms with Crippen LogP contribution in [0.1, 0.15) is 36.0 Å². The molecule has 3 aromatic rings. The van der Waals surface area contributed by atoms with Gasteiger partial charge in [-0.05, 0) is 31.0 Å². The summed E-state index contributed by atoms with van der Waals surface area (Å²) < 4.78 is 38.9. The lowest BCUT2D eigenvalue weighted by atomic mass is 10.0. The number of piperazine rings is 1.